The monoisotopic (exact) mass is 392 g/mol. The number of halogens is 1. The van der Waals surface area contributed by atoms with Gasteiger partial charge in [-0.3, -0.25) is 19.7 Å². The molecule has 0 aliphatic carbocycles. The van der Waals surface area contributed by atoms with E-state index in [1.807, 2.05) is 0 Å². The zero-order chi connectivity index (χ0) is 17.5. The number of benzene rings is 2. The maximum absolute atomic E-state index is 11.9. The highest BCUT2D eigenvalue weighted by atomic mass is 79.9. The second-order valence-corrected chi connectivity index (χ2v) is 5.70. The zero-order valence-corrected chi connectivity index (χ0v) is 14.0. The molecule has 0 radical (unpaired) electrons. The SMILES string of the molecule is O=C(CNC(=O)c1cccc(Br)c1)OCc1cccc([N+](=O)[O-])c1. The van der Waals surface area contributed by atoms with Gasteiger partial charge >= 0.3 is 5.97 Å². The minimum Gasteiger partial charge on any atom is -0.459 e. The highest BCUT2D eigenvalue weighted by molar-refractivity contribution is 9.10. The van der Waals surface area contributed by atoms with E-state index in [4.69, 9.17) is 4.74 Å². The number of ether oxygens (including phenoxy) is 1. The summed E-state index contributed by atoms with van der Waals surface area (Å²) in [4.78, 5) is 33.7. The molecule has 2 aromatic carbocycles. The molecule has 0 heterocycles. The van der Waals surface area contributed by atoms with E-state index in [1.165, 1.54) is 18.2 Å². The summed E-state index contributed by atoms with van der Waals surface area (Å²) >= 11 is 3.26. The summed E-state index contributed by atoms with van der Waals surface area (Å²) in [5.74, 6) is -1.03. The molecule has 1 amide bonds. The lowest BCUT2D eigenvalue weighted by atomic mass is 10.2. The van der Waals surface area contributed by atoms with Crippen LogP contribution >= 0.6 is 15.9 Å². The minimum atomic E-state index is -0.634. The summed E-state index contributed by atoms with van der Waals surface area (Å²) in [5.41, 5.74) is 0.832. The van der Waals surface area contributed by atoms with Crippen molar-refractivity contribution in [3.63, 3.8) is 0 Å². The van der Waals surface area contributed by atoms with Crippen molar-refractivity contribution in [2.24, 2.45) is 0 Å². The molecular formula is C16H13BrN2O5. The maximum Gasteiger partial charge on any atom is 0.325 e. The molecule has 0 saturated heterocycles. The molecule has 0 aliphatic rings. The van der Waals surface area contributed by atoms with Crippen LogP contribution in [0.15, 0.2) is 53.0 Å². The van der Waals surface area contributed by atoms with E-state index in [0.29, 0.717) is 11.1 Å². The van der Waals surface area contributed by atoms with E-state index in [2.05, 4.69) is 21.2 Å². The highest BCUT2D eigenvalue weighted by Gasteiger charge is 2.10. The van der Waals surface area contributed by atoms with Gasteiger partial charge in [-0.1, -0.05) is 34.1 Å². The fraction of sp³-hybridized carbons (Fsp3) is 0.125. The van der Waals surface area contributed by atoms with E-state index >= 15 is 0 Å². The second kappa shape index (κ2) is 8.21. The molecule has 124 valence electrons. The molecule has 0 atom stereocenters. The Labute approximate surface area is 145 Å². The van der Waals surface area contributed by atoms with E-state index in [9.17, 15) is 19.7 Å². The van der Waals surface area contributed by atoms with Gasteiger partial charge in [0.25, 0.3) is 11.6 Å². The number of rotatable bonds is 6. The van der Waals surface area contributed by atoms with Crippen LogP contribution < -0.4 is 5.32 Å². The second-order valence-electron chi connectivity index (χ2n) is 4.78. The Kier molecular flexibility index (Phi) is 6.02. The van der Waals surface area contributed by atoms with Crippen LogP contribution in [0.25, 0.3) is 0 Å². The molecule has 0 aromatic heterocycles. The molecule has 0 bridgehead atoms. The Morgan fingerprint density at radius 3 is 2.62 bits per heavy atom. The molecule has 2 rings (SSSR count). The molecular weight excluding hydrogens is 380 g/mol. The smallest absolute Gasteiger partial charge is 0.325 e. The van der Waals surface area contributed by atoms with Crippen molar-refractivity contribution in [2.45, 2.75) is 6.61 Å². The summed E-state index contributed by atoms with van der Waals surface area (Å²) in [6.45, 7) is -0.395. The van der Waals surface area contributed by atoms with Crippen LogP contribution in [0, 0.1) is 10.1 Å². The number of nitro benzene ring substituents is 1. The average Bonchev–Trinajstić information content (AvgIpc) is 2.58. The summed E-state index contributed by atoms with van der Waals surface area (Å²) < 4.78 is 5.74. The number of non-ortho nitro benzene ring substituents is 1. The van der Waals surface area contributed by atoms with Gasteiger partial charge in [0.05, 0.1) is 4.92 Å². The lowest BCUT2D eigenvalue weighted by molar-refractivity contribution is -0.384. The quantitative estimate of drug-likeness (QED) is 0.462. The van der Waals surface area contributed by atoms with Crippen molar-refractivity contribution in [1.29, 1.82) is 0 Å². The number of nitro groups is 1. The normalized spacial score (nSPS) is 10.0. The molecule has 0 saturated carbocycles. The molecule has 8 heteroatoms. The molecule has 2 aromatic rings. The predicted octanol–water partition coefficient (Wildman–Crippen LogP) is 2.83. The van der Waals surface area contributed by atoms with Crippen molar-refractivity contribution in [3.05, 3.63) is 74.2 Å². The lowest BCUT2D eigenvalue weighted by Crippen LogP contribution is -2.30. The first kappa shape index (κ1) is 17.6. The van der Waals surface area contributed by atoms with Crippen molar-refractivity contribution in [2.75, 3.05) is 6.54 Å². The first-order chi connectivity index (χ1) is 11.5. The third-order valence-corrected chi connectivity index (χ3v) is 3.49. The number of amides is 1. The van der Waals surface area contributed by atoms with Gasteiger partial charge in [-0.15, -0.1) is 0 Å². The van der Waals surface area contributed by atoms with Gasteiger partial charge in [-0.05, 0) is 23.8 Å². The average molecular weight is 393 g/mol. The fourth-order valence-electron chi connectivity index (χ4n) is 1.86. The van der Waals surface area contributed by atoms with Crippen molar-refractivity contribution in [3.8, 4) is 0 Å². The van der Waals surface area contributed by atoms with Crippen molar-refractivity contribution in [1.82, 2.24) is 5.32 Å². The van der Waals surface area contributed by atoms with E-state index < -0.39 is 16.8 Å². The van der Waals surface area contributed by atoms with Crippen LogP contribution in [0.3, 0.4) is 0 Å². The summed E-state index contributed by atoms with van der Waals surface area (Å²) in [6.07, 6.45) is 0. The van der Waals surface area contributed by atoms with Gasteiger partial charge in [0.15, 0.2) is 0 Å². The Morgan fingerprint density at radius 1 is 1.17 bits per heavy atom. The van der Waals surface area contributed by atoms with Crippen LogP contribution in [-0.4, -0.2) is 23.3 Å². The summed E-state index contributed by atoms with van der Waals surface area (Å²) in [7, 11) is 0. The number of carbonyl (C=O) groups excluding carboxylic acids is 2. The third-order valence-electron chi connectivity index (χ3n) is 3.00. The molecule has 24 heavy (non-hydrogen) atoms. The summed E-state index contributed by atoms with van der Waals surface area (Å²) in [6, 6.07) is 12.5. The molecule has 0 spiro atoms. The van der Waals surface area contributed by atoms with Gasteiger partial charge in [-0.25, -0.2) is 0 Å². The van der Waals surface area contributed by atoms with Crippen molar-refractivity contribution < 1.29 is 19.2 Å². The van der Waals surface area contributed by atoms with E-state index in [0.717, 1.165) is 4.47 Å². The molecule has 1 N–H and O–H groups in total. The van der Waals surface area contributed by atoms with Crippen molar-refractivity contribution >= 4 is 33.5 Å². The Morgan fingerprint density at radius 2 is 1.92 bits per heavy atom. The molecule has 0 fully saturated rings. The standard InChI is InChI=1S/C16H13BrN2O5/c17-13-5-2-4-12(8-13)16(21)18-9-15(20)24-10-11-3-1-6-14(7-11)19(22)23/h1-8H,9-10H2,(H,18,21). The van der Waals surface area contributed by atoms with E-state index in [1.54, 1.807) is 30.3 Å². The zero-order valence-electron chi connectivity index (χ0n) is 12.4. The van der Waals surface area contributed by atoms with Gasteiger partial charge < -0.3 is 10.1 Å². The number of hydrogen-bond donors (Lipinski definition) is 1. The van der Waals surface area contributed by atoms with Gasteiger partial charge in [0.1, 0.15) is 13.2 Å². The first-order valence-electron chi connectivity index (χ1n) is 6.88. The van der Waals surface area contributed by atoms with Crippen LogP contribution in [0.4, 0.5) is 5.69 Å². The van der Waals surface area contributed by atoms with Crippen LogP contribution in [0.1, 0.15) is 15.9 Å². The minimum absolute atomic E-state index is 0.0773. The van der Waals surface area contributed by atoms with E-state index in [-0.39, 0.29) is 18.8 Å². The van der Waals surface area contributed by atoms with Gasteiger partial charge in [0, 0.05) is 22.2 Å². The Hall–Kier alpha value is -2.74. The third kappa shape index (κ3) is 5.17. The lowest BCUT2D eigenvalue weighted by Gasteiger charge is -2.07. The Balaban J connectivity index is 1.82. The number of hydrogen-bond acceptors (Lipinski definition) is 5. The summed E-state index contributed by atoms with van der Waals surface area (Å²) in [5, 5.41) is 13.1. The Bertz CT molecular complexity index is 779. The van der Waals surface area contributed by atoms with Crippen LogP contribution in [0.2, 0.25) is 0 Å². The fourth-order valence-corrected chi connectivity index (χ4v) is 2.26. The van der Waals surface area contributed by atoms with Crippen LogP contribution in [-0.2, 0) is 16.1 Å². The maximum atomic E-state index is 11.9. The largest absolute Gasteiger partial charge is 0.459 e. The highest BCUT2D eigenvalue weighted by Crippen LogP contribution is 2.14. The number of carbonyl (C=O) groups is 2. The molecule has 0 unspecified atom stereocenters. The van der Waals surface area contributed by atoms with Crippen LogP contribution in [0.5, 0.6) is 0 Å². The number of esters is 1. The topological polar surface area (TPSA) is 98.5 Å². The number of nitrogens with one attached hydrogen (secondary N) is 1. The predicted molar refractivity (Wildman–Crippen MR) is 89.4 cm³/mol. The molecule has 0 aliphatic heterocycles. The first-order valence-corrected chi connectivity index (χ1v) is 7.68. The number of nitrogens with zero attached hydrogens (tertiary/aromatic N) is 1. The van der Waals surface area contributed by atoms with Gasteiger partial charge in [-0.2, -0.15) is 0 Å². The van der Waals surface area contributed by atoms with Gasteiger partial charge in [0.2, 0.25) is 0 Å². The molecule has 7 nitrogen and oxygen atoms in total.